The number of likely N-dealkylation sites (tertiary alicyclic amines) is 2. The molecular formula is C40H52F4N10O6. The number of amides is 4. The van der Waals surface area contributed by atoms with E-state index in [0.717, 1.165) is 0 Å². The summed E-state index contributed by atoms with van der Waals surface area (Å²) in [6.45, 7) is 4.91. The lowest BCUT2D eigenvalue weighted by atomic mass is 10.1. The fourth-order valence-corrected chi connectivity index (χ4v) is 7.90. The summed E-state index contributed by atoms with van der Waals surface area (Å²) in [6.07, 6.45) is -5.89. The van der Waals surface area contributed by atoms with Gasteiger partial charge in [-0.05, 0) is 66.1 Å². The van der Waals surface area contributed by atoms with Crippen LogP contribution in [-0.2, 0) is 32.3 Å². The number of aliphatic hydroxyl groups excluding tert-OH is 2. The summed E-state index contributed by atoms with van der Waals surface area (Å²) in [7, 11) is 3.11. The molecule has 0 aliphatic carbocycles. The van der Waals surface area contributed by atoms with Gasteiger partial charge in [0.1, 0.15) is 36.1 Å². The number of imidazole rings is 2. The van der Waals surface area contributed by atoms with Crippen LogP contribution in [0.3, 0.4) is 0 Å². The van der Waals surface area contributed by atoms with Crippen LogP contribution in [0, 0.1) is 11.6 Å². The molecule has 0 bridgehead atoms. The first-order chi connectivity index (χ1) is 28.4. The molecule has 0 radical (unpaired) electrons. The normalized spacial score (nSPS) is 22.5. The quantitative estimate of drug-likeness (QED) is 0.0945. The average Bonchev–Trinajstić information content (AvgIpc) is 3.96. The van der Waals surface area contributed by atoms with E-state index < -0.39 is 96.1 Å². The standard InChI is InChI=1S/C40H52F4N10O6/c1-19(45-5)37(57)49-33(21(3)55)39(59)51-15-25(43)11-27(51)17-53-31-9-7-23(41)13-29(31)47-35(53)36-48-30-14-24(42)8-10-32(30)54(36)18-28-12-26(44)16-52(28)40(60)34(22(4)56)50-38(58)20(2)46-6/h7-10,13-14,19-22,25-28,33-34,45-46,55-56H,11-12,15-18H2,1-6H3,(H,49,57)(H,50,58)/t19-,20-,21?,22?,25?,26?,27+,28+,33-,34-/m1/s1. The van der Waals surface area contributed by atoms with E-state index in [-0.39, 0.29) is 61.7 Å². The Labute approximate surface area is 343 Å². The fraction of sp³-hybridized carbons (Fsp3) is 0.550. The minimum Gasteiger partial charge on any atom is -0.391 e. The molecule has 4 aromatic rings. The molecule has 2 aliphatic rings. The minimum atomic E-state index is -1.47. The van der Waals surface area contributed by atoms with Gasteiger partial charge in [0.15, 0.2) is 11.6 Å². The van der Waals surface area contributed by atoms with Gasteiger partial charge >= 0.3 is 0 Å². The lowest BCUT2D eigenvalue weighted by Gasteiger charge is -2.32. The second-order valence-corrected chi connectivity index (χ2v) is 15.8. The van der Waals surface area contributed by atoms with Crippen LogP contribution in [0.1, 0.15) is 40.5 Å². The Balaban J connectivity index is 1.41. The summed E-state index contributed by atoms with van der Waals surface area (Å²) in [5.74, 6) is -3.56. The van der Waals surface area contributed by atoms with Crippen LogP contribution in [0.2, 0.25) is 0 Å². The molecule has 60 heavy (non-hydrogen) atoms. The number of fused-ring (bicyclic) bond motifs is 2. The highest BCUT2D eigenvalue weighted by atomic mass is 19.1. The number of carbonyl (C=O) groups is 4. The van der Waals surface area contributed by atoms with E-state index in [4.69, 9.17) is 9.97 Å². The summed E-state index contributed by atoms with van der Waals surface area (Å²) in [5.41, 5.74) is 1.10. The van der Waals surface area contributed by atoms with E-state index in [0.29, 0.717) is 11.0 Å². The number of halogens is 4. The predicted octanol–water partition coefficient (Wildman–Crippen LogP) is 1.16. The highest BCUT2D eigenvalue weighted by Crippen LogP contribution is 2.34. The monoisotopic (exact) mass is 844 g/mol. The number of nitrogens with zero attached hydrogens (tertiary/aromatic N) is 6. The number of benzene rings is 2. The van der Waals surface area contributed by atoms with Crippen LogP contribution < -0.4 is 21.3 Å². The molecule has 20 heteroatoms. The predicted molar refractivity (Wildman–Crippen MR) is 213 cm³/mol. The highest BCUT2D eigenvalue weighted by molar-refractivity contribution is 5.91. The Morgan fingerprint density at radius 3 is 1.38 bits per heavy atom. The van der Waals surface area contributed by atoms with Crippen LogP contribution >= 0.6 is 0 Å². The Bertz CT molecular complexity index is 2080. The smallest absolute Gasteiger partial charge is 0.248 e. The molecule has 2 aromatic heterocycles. The van der Waals surface area contributed by atoms with Crippen LogP contribution in [0.4, 0.5) is 17.6 Å². The van der Waals surface area contributed by atoms with Gasteiger partial charge in [0.25, 0.3) is 0 Å². The minimum absolute atomic E-state index is 0.105. The molecule has 16 nitrogen and oxygen atoms in total. The van der Waals surface area contributed by atoms with Gasteiger partial charge in [-0.1, -0.05) is 0 Å². The molecule has 4 amide bonds. The van der Waals surface area contributed by atoms with Crippen molar-refractivity contribution in [1.82, 2.24) is 50.2 Å². The Kier molecular flexibility index (Phi) is 13.5. The molecule has 2 aliphatic heterocycles. The lowest BCUT2D eigenvalue weighted by Crippen LogP contribution is -2.57. The molecule has 6 N–H and O–H groups in total. The first-order valence-electron chi connectivity index (χ1n) is 19.9. The van der Waals surface area contributed by atoms with E-state index in [2.05, 4.69) is 21.3 Å². The molecule has 326 valence electrons. The Morgan fingerprint density at radius 1 is 0.683 bits per heavy atom. The van der Waals surface area contributed by atoms with Crippen molar-refractivity contribution in [3.8, 4) is 11.6 Å². The fourth-order valence-electron chi connectivity index (χ4n) is 7.90. The third-order valence-corrected chi connectivity index (χ3v) is 11.4. The number of aliphatic hydroxyl groups is 2. The number of alkyl halides is 2. The van der Waals surface area contributed by atoms with Gasteiger partial charge in [-0.3, -0.25) is 19.2 Å². The van der Waals surface area contributed by atoms with Gasteiger partial charge < -0.3 is 50.4 Å². The summed E-state index contributed by atoms with van der Waals surface area (Å²) >= 11 is 0. The van der Waals surface area contributed by atoms with Gasteiger partial charge in [0, 0.05) is 38.1 Å². The van der Waals surface area contributed by atoms with Crippen LogP contribution in [0.25, 0.3) is 33.7 Å². The van der Waals surface area contributed by atoms with Crippen molar-refractivity contribution in [3.05, 3.63) is 48.0 Å². The first-order valence-corrected chi connectivity index (χ1v) is 19.9. The number of hydrogen-bond acceptors (Lipinski definition) is 10. The number of likely N-dealkylation sites (N-methyl/N-ethyl adjacent to an activating group) is 2. The first kappa shape index (κ1) is 44.4. The topological polar surface area (TPSA) is 199 Å². The molecule has 0 spiro atoms. The summed E-state index contributed by atoms with van der Waals surface area (Å²) in [4.78, 5) is 65.6. The van der Waals surface area contributed by atoms with Crippen molar-refractivity contribution in [2.24, 2.45) is 0 Å². The summed E-state index contributed by atoms with van der Waals surface area (Å²) in [5, 5.41) is 31.8. The summed E-state index contributed by atoms with van der Waals surface area (Å²) in [6, 6.07) is 1.77. The van der Waals surface area contributed by atoms with Crippen LogP contribution in [-0.4, -0.2) is 151 Å². The van der Waals surface area contributed by atoms with E-state index in [1.54, 1.807) is 37.1 Å². The van der Waals surface area contributed by atoms with Gasteiger partial charge in [-0.15, -0.1) is 0 Å². The number of aromatic nitrogens is 4. The zero-order valence-electron chi connectivity index (χ0n) is 34.2. The number of hydrogen-bond donors (Lipinski definition) is 6. The maximum absolute atomic E-state index is 15.4. The lowest BCUT2D eigenvalue weighted by molar-refractivity contribution is -0.141. The molecule has 2 aromatic carbocycles. The van der Waals surface area contributed by atoms with Gasteiger partial charge in [0.05, 0.1) is 71.5 Å². The van der Waals surface area contributed by atoms with Crippen molar-refractivity contribution in [3.63, 3.8) is 0 Å². The van der Waals surface area contributed by atoms with Crippen LogP contribution in [0.5, 0.6) is 0 Å². The zero-order chi connectivity index (χ0) is 43.7. The molecule has 0 saturated carbocycles. The SMILES string of the molecule is CN[C@H](C)C(=O)N[C@@H](C(=O)N1CC(F)C[C@H]1Cn1c(-c2nc3cc(F)ccc3n2C[C@@H]2CC(F)CN2C(=O)[C@H](NC(=O)[C@@H](C)NC)C(C)O)nc2cc(F)ccc21)C(C)O. The average molecular weight is 845 g/mol. The number of nitrogens with one attached hydrogen (secondary N) is 4. The van der Waals surface area contributed by atoms with Crippen molar-refractivity contribution in [2.45, 2.75) is 114 Å². The van der Waals surface area contributed by atoms with E-state index >= 15 is 8.78 Å². The highest BCUT2D eigenvalue weighted by Gasteiger charge is 2.43. The second kappa shape index (κ2) is 18.2. The summed E-state index contributed by atoms with van der Waals surface area (Å²) < 4.78 is 63.5. The van der Waals surface area contributed by atoms with E-state index in [1.165, 1.54) is 60.0 Å². The largest absolute Gasteiger partial charge is 0.391 e. The molecule has 6 rings (SSSR count). The van der Waals surface area contributed by atoms with Crippen LogP contribution in [0.15, 0.2) is 36.4 Å². The Morgan fingerprint density at radius 2 is 1.05 bits per heavy atom. The Hall–Kier alpha value is -5.18. The molecule has 10 atom stereocenters. The third-order valence-electron chi connectivity index (χ3n) is 11.4. The molecule has 4 heterocycles. The maximum Gasteiger partial charge on any atom is 0.248 e. The zero-order valence-corrected chi connectivity index (χ0v) is 34.2. The van der Waals surface area contributed by atoms with Gasteiger partial charge in [0.2, 0.25) is 23.6 Å². The van der Waals surface area contributed by atoms with Crippen molar-refractivity contribution in [2.75, 3.05) is 27.2 Å². The van der Waals surface area contributed by atoms with Crippen molar-refractivity contribution < 1.29 is 47.0 Å². The molecule has 2 saturated heterocycles. The molecule has 2 fully saturated rings. The van der Waals surface area contributed by atoms with Crippen molar-refractivity contribution >= 4 is 45.7 Å². The molecular weight excluding hydrogens is 792 g/mol. The van der Waals surface area contributed by atoms with E-state index in [1.807, 2.05) is 0 Å². The number of carbonyl (C=O) groups excluding carboxylic acids is 4. The number of rotatable bonds is 15. The van der Waals surface area contributed by atoms with Gasteiger partial charge in [-0.25, -0.2) is 27.5 Å². The van der Waals surface area contributed by atoms with Gasteiger partial charge in [-0.2, -0.15) is 0 Å². The van der Waals surface area contributed by atoms with E-state index in [9.17, 15) is 38.2 Å². The van der Waals surface area contributed by atoms with Crippen molar-refractivity contribution in [1.29, 1.82) is 0 Å². The maximum atomic E-state index is 15.4. The molecule has 4 unspecified atom stereocenters. The third kappa shape index (κ3) is 9.10. The second-order valence-electron chi connectivity index (χ2n) is 15.8.